The molecule has 0 atom stereocenters. The van der Waals surface area contributed by atoms with Crippen LogP contribution in [0.5, 0.6) is 0 Å². The molecule has 146 valence electrons. The van der Waals surface area contributed by atoms with Crippen LogP contribution in [-0.4, -0.2) is 33.7 Å². The highest BCUT2D eigenvalue weighted by Crippen LogP contribution is 2.24. The first kappa shape index (κ1) is 21.3. The van der Waals surface area contributed by atoms with Crippen molar-refractivity contribution >= 4 is 33.2 Å². The number of carbonyl (C=O) groups is 1. The molecule has 1 N–H and O–H groups in total. The van der Waals surface area contributed by atoms with Gasteiger partial charge in [-0.3, -0.25) is 9.10 Å². The monoisotopic (exact) mass is 408 g/mol. The maximum absolute atomic E-state index is 12.3. The molecule has 0 unspecified atom stereocenters. The van der Waals surface area contributed by atoms with Crippen molar-refractivity contribution < 1.29 is 13.2 Å². The second-order valence-electron chi connectivity index (χ2n) is 6.53. The smallest absolute Gasteiger partial charge is 0.240 e. The molecule has 27 heavy (non-hydrogen) atoms. The standard InChI is InChI=1S/C20H25ClN2O3S/c1-15-8-6-12-19(16(15)2)23(27(3,25)26)14-20(24)22-13-7-10-17-9-4-5-11-18(17)21/h4-6,8-9,11-12H,7,10,13-14H2,1-3H3,(H,22,24). The molecule has 0 radical (unpaired) electrons. The number of nitrogens with zero attached hydrogens (tertiary/aromatic N) is 1. The van der Waals surface area contributed by atoms with E-state index in [4.69, 9.17) is 11.6 Å². The van der Waals surface area contributed by atoms with Crippen LogP contribution in [0.3, 0.4) is 0 Å². The highest BCUT2D eigenvalue weighted by Gasteiger charge is 2.22. The SMILES string of the molecule is Cc1cccc(N(CC(=O)NCCCc2ccccc2Cl)S(C)(=O)=O)c1C. The van der Waals surface area contributed by atoms with Gasteiger partial charge in [-0.1, -0.05) is 41.9 Å². The lowest BCUT2D eigenvalue weighted by atomic mass is 10.1. The topological polar surface area (TPSA) is 66.5 Å². The van der Waals surface area contributed by atoms with Crippen LogP contribution in [0.1, 0.15) is 23.1 Å². The Morgan fingerprint density at radius 1 is 1.11 bits per heavy atom. The summed E-state index contributed by atoms with van der Waals surface area (Å²) in [7, 11) is -3.58. The maximum atomic E-state index is 12.3. The van der Waals surface area contributed by atoms with Crippen LogP contribution in [0.25, 0.3) is 0 Å². The molecular formula is C20H25ClN2O3S. The van der Waals surface area contributed by atoms with Crippen molar-refractivity contribution in [2.75, 3.05) is 23.7 Å². The highest BCUT2D eigenvalue weighted by atomic mass is 35.5. The molecule has 2 aromatic rings. The number of anilines is 1. The Labute approximate surface area is 166 Å². The predicted molar refractivity (Wildman–Crippen MR) is 111 cm³/mol. The van der Waals surface area contributed by atoms with Crippen LogP contribution in [0.4, 0.5) is 5.69 Å². The van der Waals surface area contributed by atoms with E-state index in [0.29, 0.717) is 17.3 Å². The third-order valence-electron chi connectivity index (χ3n) is 4.44. The minimum absolute atomic E-state index is 0.241. The van der Waals surface area contributed by atoms with Crippen molar-refractivity contribution in [2.45, 2.75) is 26.7 Å². The van der Waals surface area contributed by atoms with Gasteiger partial charge in [-0.2, -0.15) is 0 Å². The van der Waals surface area contributed by atoms with E-state index in [9.17, 15) is 13.2 Å². The number of rotatable bonds is 8. The molecule has 0 saturated carbocycles. The summed E-state index contributed by atoms with van der Waals surface area (Å²) < 4.78 is 25.6. The molecule has 0 fully saturated rings. The Morgan fingerprint density at radius 3 is 2.48 bits per heavy atom. The van der Waals surface area contributed by atoms with Gasteiger partial charge in [0.2, 0.25) is 15.9 Å². The number of halogens is 1. The molecule has 0 spiro atoms. The quantitative estimate of drug-likeness (QED) is 0.680. The zero-order valence-corrected chi connectivity index (χ0v) is 17.4. The molecule has 7 heteroatoms. The lowest BCUT2D eigenvalue weighted by Crippen LogP contribution is -2.41. The van der Waals surface area contributed by atoms with E-state index in [1.807, 2.05) is 44.2 Å². The molecule has 0 aliphatic carbocycles. The fraction of sp³-hybridized carbons (Fsp3) is 0.350. The van der Waals surface area contributed by atoms with Gasteiger partial charge in [0.05, 0.1) is 11.9 Å². The van der Waals surface area contributed by atoms with Gasteiger partial charge in [0.1, 0.15) is 6.54 Å². The van der Waals surface area contributed by atoms with E-state index < -0.39 is 10.0 Å². The average Bonchev–Trinajstić information content (AvgIpc) is 2.60. The molecule has 0 saturated heterocycles. The largest absolute Gasteiger partial charge is 0.355 e. The number of hydrogen-bond donors (Lipinski definition) is 1. The number of hydrogen-bond acceptors (Lipinski definition) is 3. The summed E-state index contributed by atoms with van der Waals surface area (Å²) >= 11 is 6.12. The Bertz CT molecular complexity index is 913. The summed E-state index contributed by atoms with van der Waals surface area (Å²) in [6.07, 6.45) is 2.57. The van der Waals surface area contributed by atoms with Gasteiger partial charge in [-0.15, -0.1) is 0 Å². The van der Waals surface area contributed by atoms with Crippen molar-refractivity contribution in [3.63, 3.8) is 0 Å². The fourth-order valence-electron chi connectivity index (χ4n) is 2.78. The Balaban J connectivity index is 1.97. The van der Waals surface area contributed by atoms with E-state index in [0.717, 1.165) is 40.1 Å². The number of nitrogens with one attached hydrogen (secondary N) is 1. The van der Waals surface area contributed by atoms with Gasteiger partial charge < -0.3 is 5.32 Å². The van der Waals surface area contributed by atoms with Gasteiger partial charge >= 0.3 is 0 Å². The minimum atomic E-state index is -3.58. The van der Waals surface area contributed by atoms with Crippen molar-refractivity contribution in [1.82, 2.24) is 5.32 Å². The van der Waals surface area contributed by atoms with Gasteiger partial charge in [0.25, 0.3) is 0 Å². The minimum Gasteiger partial charge on any atom is -0.355 e. The summed E-state index contributed by atoms with van der Waals surface area (Å²) in [6, 6.07) is 13.0. The molecule has 0 aliphatic heterocycles. The van der Waals surface area contributed by atoms with Crippen LogP contribution in [-0.2, 0) is 21.2 Å². The van der Waals surface area contributed by atoms with E-state index in [1.165, 1.54) is 0 Å². The van der Waals surface area contributed by atoms with E-state index >= 15 is 0 Å². The lowest BCUT2D eigenvalue weighted by molar-refractivity contribution is -0.119. The maximum Gasteiger partial charge on any atom is 0.240 e. The molecule has 2 rings (SSSR count). The number of aryl methyl sites for hydroxylation is 2. The Hall–Kier alpha value is -2.05. The molecule has 0 aromatic heterocycles. The number of benzene rings is 2. The summed E-state index contributed by atoms with van der Waals surface area (Å²) in [5.41, 5.74) is 3.38. The van der Waals surface area contributed by atoms with E-state index in [1.54, 1.807) is 12.1 Å². The molecular weight excluding hydrogens is 384 g/mol. The molecule has 0 aliphatic rings. The fourth-order valence-corrected chi connectivity index (χ4v) is 3.92. The Kier molecular flexibility index (Phi) is 7.27. The summed E-state index contributed by atoms with van der Waals surface area (Å²) in [4.78, 5) is 12.3. The van der Waals surface area contributed by atoms with Crippen LogP contribution in [0, 0.1) is 13.8 Å². The van der Waals surface area contributed by atoms with Crippen LogP contribution in [0.2, 0.25) is 5.02 Å². The normalized spacial score (nSPS) is 11.3. The second kappa shape index (κ2) is 9.24. The Morgan fingerprint density at radius 2 is 1.81 bits per heavy atom. The average molecular weight is 409 g/mol. The van der Waals surface area contributed by atoms with Crippen molar-refractivity contribution in [3.8, 4) is 0 Å². The summed E-state index contributed by atoms with van der Waals surface area (Å²) in [5, 5.41) is 3.50. The van der Waals surface area contributed by atoms with E-state index in [-0.39, 0.29) is 12.5 Å². The first-order valence-corrected chi connectivity index (χ1v) is 11.0. The third-order valence-corrected chi connectivity index (χ3v) is 5.93. The van der Waals surface area contributed by atoms with Crippen molar-refractivity contribution in [1.29, 1.82) is 0 Å². The zero-order chi connectivity index (χ0) is 20.0. The molecule has 1 amide bonds. The predicted octanol–water partition coefficient (Wildman–Crippen LogP) is 3.47. The van der Waals surface area contributed by atoms with Crippen LogP contribution in [0.15, 0.2) is 42.5 Å². The third kappa shape index (κ3) is 5.97. The molecule has 5 nitrogen and oxygen atoms in total. The van der Waals surface area contributed by atoms with Crippen molar-refractivity contribution in [2.24, 2.45) is 0 Å². The van der Waals surface area contributed by atoms with Crippen molar-refractivity contribution in [3.05, 3.63) is 64.2 Å². The lowest BCUT2D eigenvalue weighted by Gasteiger charge is -2.24. The molecule has 2 aromatic carbocycles. The summed E-state index contributed by atoms with van der Waals surface area (Å²) in [5.74, 6) is -0.333. The van der Waals surface area contributed by atoms with E-state index in [2.05, 4.69) is 5.32 Å². The number of sulfonamides is 1. The molecule has 0 heterocycles. The van der Waals surface area contributed by atoms with Crippen LogP contribution >= 0.6 is 11.6 Å². The van der Waals surface area contributed by atoms with Gasteiger partial charge in [-0.05, 0) is 55.5 Å². The van der Waals surface area contributed by atoms with Crippen LogP contribution < -0.4 is 9.62 Å². The van der Waals surface area contributed by atoms with Gasteiger partial charge in [-0.25, -0.2) is 8.42 Å². The first-order chi connectivity index (χ1) is 12.7. The van der Waals surface area contributed by atoms with Gasteiger partial charge in [0, 0.05) is 11.6 Å². The number of amides is 1. The van der Waals surface area contributed by atoms with Gasteiger partial charge in [0.15, 0.2) is 0 Å². The highest BCUT2D eigenvalue weighted by molar-refractivity contribution is 7.92. The molecule has 0 bridgehead atoms. The first-order valence-electron chi connectivity index (χ1n) is 8.74. The summed E-state index contributed by atoms with van der Waals surface area (Å²) in [6.45, 7) is 3.97. The number of carbonyl (C=O) groups excluding carboxylic acids is 1. The zero-order valence-electron chi connectivity index (χ0n) is 15.8. The second-order valence-corrected chi connectivity index (χ2v) is 8.85.